The summed E-state index contributed by atoms with van der Waals surface area (Å²) in [6.07, 6.45) is 6.41. The van der Waals surface area contributed by atoms with Gasteiger partial charge in [0.15, 0.2) is 5.82 Å². The molecule has 2 fully saturated rings. The van der Waals surface area contributed by atoms with E-state index in [2.05, 4.69) is 32.2 Å². The number of anilines is 1. The van der Waals surface area contributed by atoms with Crippen LogP contribution in [0.25, 0.3) is 5.82 Å². The van der Waals surface area contributed by atoms with Crippen LogP contribution in [0.1, 0.15) is 44.0 Å². The summed E-state index contributed by atoms with van der Waals surface area (Å²) in [5.41, 5.74) is 2.00. The molecule has 2 aliphatic rings. The van der Waals surface area contributed by atoms with Crippen LogP contribution in [0.2, 0.25) is 0 Å². The highest BCUT2D eigenvalue weighted by molar-refractivity contribution is 5.82. The molecule has 2 aromatic rings. The molecule has 1 aliphatic heterocycles. The second-order valence-electron chi connectivity index (χ2n) is 8.05. The Kier molecular flexibility index (Phi) is 4.85. The Morgan fingerprint density at radius 2 is 1.85 bits per heavy atom. The number of carbonyl (C=O) groups is 1. The van der Waals surface area contributed by atoms with Crippen molar-refractivity contribution < 1.29 is 4.79 Å². The lowest BCUT2D eigenvalue weighted by molar-refractivity contribution is -0.127. The van der Waals surface area contributed by atoms with Gasteiger partial charge in [0.05, 0.1) is 11.6 Å². The Hall–Kier alpha value is -2.44. The van der Waals surface area contributed by atoms with E-state index in [1.54, 1.807) is 6.33 Å². The number of hydrogen-bond donors (Lipinski definition) is 1. The van der Waals surface area contributed by atoms with Crippen molar-refractivity contribution in [2.75, 3.05) is 18.0 Å². The number of carbonyl (C=O) groups excluding carboxylic acids is 1. The molecule has 7 heteroatoms. The highest BCUT2D eigenvalue weighted by atomic mass is 16.2. The van der Waals surface area contributed by atoms with E-state index in [0.717, 1.165) is 29.4 Å². The summed E-state index contributed by atoms with van der Waals surface area (Å²) in [5.74, 6) is 2.44. The van der Waals surface area contributed by atoms with Gasteiger partial charge in [0.2, 0.25) is 5.91 Å². The van der Waals surface area contributed by atoms with Gasteiger partial charge in [-0.3, -0.25) is 4.79 Å². The zero-order valence-corrected chi connectivity index (χ0v) is 16.4. The molecule has 1 saturated carbocycles. The third-order valence-corrected chi connectivity index (χ3v) is 5.88. The van der Waals surface area contributed by atoms with E-state index in [-0.39, 0.29) is 11.8 Å². The first kappa shape index (κ1) is 17.9. The Morgan fingerprint density at radius 3 is 2.56 bits per heavy atom. The molecule has 27 heavy (non-hydrogen) atoms. The van der Waals surface area contributed by atoms with Crippen LogP contribution < -0.4 is 10.2 Å². The normalized spacial score (nSPS) is 23.1. The molecule has 1 amide bonds. The molecular weight excluding hydrogens is 340 g/mol. The van der Waals surface area contributed by atoms with E-state index >= 15 is 0 Å². The second-order valence-corrected chi connectivity index (χ2v) is 8.05. The third kappa shape index (κ3) is 3.68. The molecule has 1 aliphatic carbocycles. The molecule has 0 spiro atoms. The summed E-state index contributed by atoms with van der Waals surface area (Å²) in [7, 11) is 0. The molecule has 1 N–H and O–H groups in total. The number of aryl methyl sites for hydroxylation is 2. The van der Waals surface area contributed by atoms with Crippen molar-refractivity contribution in [3.05, 3.63) is 29.8 Å². The van der Waals surface area contributed by atoms with Crippen molar-refractivity contribution >= 4 is 11.7 Å². The molecule has 2 atom stereocenters. The Balaban J connectivity index is 1.37. The van der Waals surface area contributed by atoms with Crippen molar-refractivity contribution in [2.24, 2.45) is 11.8 Å². The monoisotopic (exact) mass is 368 g/mol. The predicted molar refractivity (Wildman–Crippen MR) is 104 cm³/mol. The third-order valence-electron chi connectivity index (χ3n) is 5.88. The fourth-order valence-corrected chi connectivity index (χ4v) is 4.15. The molecule has 0 radical (unpaired) electrons. The molecule has 2 aromatic heterocycles. The summed E-state index contributed by atoms with van der Waals surface area (Å²) in [4.78, 5) is 23.4. The van der Waals surface area contributed by atoms with E-state index in [1.807, 2.05) is 30.7 Å². The number of aromatic nitrogens is 4. The molecule has 2 unspecified atom stereocenters. The van der Waals surface area contributed by atoms with Gasteiger partial charge in [0.1, 0.15) is 12.1 Å². The standard InChI is InChI=1S/C20H28N6O/c1-13-6-4-5-7-17(13)23-20(27)16-10-25(11-16)18-9-19(22-12-21-18)26-15(3)8-14(2)24-26/h8-9,12-13,16-17H,4-7,10-11H2,1-3H3,(H,23,27). The molecule has 4 rings (SSSR count). The van der Waals surface area contributed by atoms with Gasteiger partial charge in [-0.05, 0) is 38.7 Å². The highest BCUT2D eigenvalue weighted by Crippen LogP contribution is 2.27. The predicted octanol–water partition coefficient (Wildman–Crippen LogP) is 2.41. The van der Waals surface area contributed by atoms with Gasteiger partial charge in [-0.1, -0.05) is 19.8 Å². The minimum atomic E-state index is 0.0474. The second kappa shape index (κ2) is 7.29. The Morgan fingerprint density at radius 1 is 1.11 bits per heavy atom. The quantitative estimate of drug-likeness (QED) is 0.897. The van der Waals surface area contributed by atoms with E-state index in [1.165, 1.54) is 19.3 Å². The fourth-order valence-electron chi connectivity index (χ4n) is 4.15. The first-order valence-electron chi connectivity index (χ1n) is 9.92. The number of amides is 1. The van der Waals surface area contributed by atoms with Crippen LogP contribution in [0.3, 0.4) is 0 Å². The Labute approximate surface area is 160 Å². The lowest BCUT2D eigenvalue weighted by Gasteiger charge is -2.40. The first-order chi connectivity index (χ1) is 13.0. The summed E-state index contributed by atoms with van der Waals surface area (Å²) in [6, 6.07) is 4.31. The molecule has 7 nitrogen and oxygen atoms in total. The molecular formula is C20H28N6O. The maximum atomic E-state index is 12.6. The van der Waals surface area contributed by atoms with Gasteiger partial charge in [-0.2, -0.15) is 5.10 Å². The number of rotatable bonds is 4. The lowest BCUT2D eigenvalue weighted by atomic mass is 9.85. The average Bonchev–Trinajstić information content (AvgIpc) is 2.94. The summed E-state index contributed by atoms with van der Waals surface area (Å²) < 4.78 is 1.83. The van der Waals surface area contributed by atoms with E-state index in [4.69, 9.17) is 0 Å². The smallest absolute Gasteiger partial charge is 0.226 e. The van der Waals surface area contributed by atoms with Crippen molar-refractivity contribution in [1.82, 2.24) is 25.1 Å². The van der Waals surface area contributed by atoms with Crippen LogP contribution in [-0.2, 0) is 4.79 Å². The molecule has 3 heterocycles. The SMILES string of the molecule is Cc1cc(C)n(-c2cc(N3CC(C(=O)NC4CCCCC4C)C3)ncn2)n1. The van der Waals surface area contributed by atoms with Crippen LogP contribution in [0, 0.1) is 25.7 Å². The number of nitrogens with zero attached hydrogens (tertiary/aromatic N) is 5. The molecule has 144 valence electrons. The van der Waals surface area contributed by atoms with Crippen molar-refractivity contribution in [1.29, 1.82) is 0 Å². The first-order valence-corrected chi connectivity index (χ1v) is 9.92. The highest BCUT2D eigenvalue weighted by Gasteiger charge is 2.35. The minimum absolute atomic E-state index is 0.0474. The van der Waals surface area contributed by atoms with Crippen molar-refractivity contribution in [3.8, 4) is 5.82 Å². The van der Waals surface area contributed by atoms with E-state index in [9.17, 15) is 4.79 Å². The van der Waals surface area contributed by atoms with Gasteiger partial charge in [0.25, 0.3) is 0 Å². The van der Waals surface area contributed by atoms with Crippen LogP contribution >= 0.6 is 0 Å². The molecule has 1 saturated heterocycles. The van der Waals surface area contributed by atoms with Gasteiger partial charge in [0, 0.05) is 30.9 Å². The van der Waals surface area contributed by atoms with Crippen LogP contribution in [0.15, 0.2) is 18.5 Å². The van der Waals surface area contributed by atoms with E-state index in [0.29, 0.717) is 25.0 Å². The van der Waals surface area contributed by atoms with Gasteiger partial charge in [-0.25, -0.2) is 14.6 Å². The van der Waals surface area contributed by atoms with Gasteiger partial charge >= 0.3 is 0 Å². The lowest BCUT2D eigenvalue weighted by Crippen LogP contribution is -2.56. The Bertz CT molecular complexity index is 826. The summed E-state index contributed by atoms with van der Waals surface area (Å²) in [5, 5.41) is 7.76. The maximum absolute atomic E-state index is 12.6. The average molecular weight is 368 g/mol. The topological polar surface area (TPSA) is 75.9 Å². The maximum Gasteiger partial charge on any atom is 0.226 e. The fraction of sp³-hybridized carbons (Fsp3) is 0.600. The van der Waals surface area contributed by atoms with Crippen LogP contribution in [-0.4, -0.2) is 44.8 Å². The molecule has 0 aromatic carbocycles. The van der Waals surface area contributed by atoms with Crippen LogP contribution in [0.5, 0.6) is 0 Å². The zero-order chi connectivity index (χ0) is 19.0. The zero-order valence-electron chi connectivity index (χ0n) is 16.4. The van der Waals surface area contributed by atoms with Crippen LogP contribution in [0.4, 0.5) is 5.82 Å². The van der Waals surface area contributed by atoms with E-state index < -0.39 is 0 Å². The van der Waals surface area contributed by atoms with Gasteiger partial charge < -0.3 is 10.2 Å². The largest absolute Gasteiger partial charge is 0.355 e. The summed E-state index contributed by atoms with van der Waals surface area (Å²) >= 11 is 0. The molecule has 0 bridgehead atoms. The summed E-state index contributed by atoms with van der Waals surface area (Å²) in [6.45, 7) is 7.65. The minimum Gasteiger partial charge on any atom is -0.355 e. The van der Waals surface area contributed by atoms with Gasteiger partial charge in [-0.15, -0.1) is 0 Å². The number of hydrogen-bond acceptors (Lipinski definition) is 5. The van der Waals surface area contributed by atoms with Crippen molar-refractivity contribution in [2.45, 2.75) is 52.5 Å². The van der Waals surface area contributed by atoms with Crippen molar-refractivity contribution in [3.63, 3.8) is 0 Å². The number of nitrogens with one attached hydrogen (secondary N) is 1.